The predicted molar refractivity (Wildman–Crippen MR) is 62.1 cm³/mol. The number of benzene rings is 1. The lowest BCUT2D eigenvalue weighted by Crippen LogP contribution is -2.02. The minimum atomic E-state index is -0.922. The highest BCUT2D eigenvalue weighted by molar-refractivity contribution is 5.75. The lowest BCUT2D eigenvalue weighted by atomic mass is 10.2. The molecule has 0 amide bonds. The zero-order chi connectivity index (χ0) is 14.0. The quantitative estimate of drug-likeness (QED) is 0.799. The number of aryl methyl sites for hydroxylation is 2. The molecule has 0 aliphatic carbocycles. The molecule has 0 aliphatic heterocycles. The van der Waals surface area contributed by atoms with Crippen LogP contribution in [0, 0.1) is 25.5 Å². The molecule has 0 saturated heterocycles. The van der Waals surface area contributed by atoms with Gasteiger partial charge in [0.2, 0.25) is 0 Å². The van der Waals surface area contributed by atoms with Crippen LogP contribution in [0.5, 0.6) is 5.75 Å². The van der Waals surface area contributed by atoms with Gasteiger partial charge >= 0.3 is 0 Å². The Morgan fingerprint density at radius 2 is 1.95 bits per heavy atom. The van der Waals surface area contributed by atoms with Crippen LogP contribution < -0.4 is 4.74 Å². The van der Waals surface area contributed by atoms with E-state index in [1.54, 1.807) is 13.8 Å². The summed E-state index contributed by atoms with van der Waals surface area (Å²) in [5.41, 5.74) is 1.15. The summed E-state index contributed by atoms with van der Waals surface area (Å²) in [7, 11) is 0. The van der Waals surface area contributed by atoms with E-state index in [1.165, 1.54) is 0 Å². The molecule has 2 rings (SSSR count). The summed E-state index contributed by atoms with van der Waals surface area (Å²) in [4.78, 5) is 10.5. The molecule has 0 spiro atoms. The van der Waals surface area contributed by atoms with E-state index in [9.17, 15) is 13.6 Å². The van der Waals surface area contributed by atoms with Crippen LogP contribution in [0.1, 0.15) is 27.4 Å². The van der Waals surface area contributed by atoms with Gasteiger partial charge in [0.05, 0.1) is 11.3 Å². The van der Waals surface area contributed by atoms with Gasteiger partial charge in [-0.2, -0.15) is 0 Å². The lowest BCUT2D eigenvalue weighted by Gasteiger charge is -2.08. The SMILES string of the molecule is Cc1noc(C)c1COc1c(F)cc(C=O)cc1F. The fourth-order valence-corrected chi connectivity index (χ4v) is 1.64. The molecule has 19 heavy (non-hydrogen) atoms. The van der Waals surface area contributed by atoms with Crippen molar-refractivity contribution in [3.8, 4) is 5.75 Å². The fraction of sp³-hybridized carbons (Fsp3) is 0.231. The highest BCUT2D eigenvalue weighted by Crippen LogP contribution is 2.24. The first-order valence-corrected chi connectivity index (χ1v) is 5.51. The molecule has 0 unspecified atom stereocenters. The van der Waals surface area contributed by atoms with Crippen molar-refractivity contribution in [1.29, 1.82) is 0 Å². The van der Waals surface area contributed by atoms with E-state index in [0.717, 1.165) is 12.1 Å². The summed E-state index contributed by atoms with van der Waals surface area (Å²) in [6, 6.07) is 1.83. The number of carbonyl (C=O) groups is 1. The van der Waals surface area contributed by atoms with Crippen molar-refractivity contribution in [2.45, 2.75) is 20.5 Å². The zero-order valence-electron chi connectivity index (χ0n) is 10.4. The first kappa shape index (κ1) is 13.2. The van der Waals surface area contributed by atoms with E-state index in [4.69, 9.17) is 9.26 Å². The Kier molecular flexibility index (Phi) is 3.59. The third kappa shape index (κ3) is 2.62. The number of carbonyl (C=O) groups excluding carboxylic acids is 1. The van der Waals surface area contributed by atoms with Gasteiger partial charge in [-0.25, -0.2) is 8.78 Å². The Labute approximate surface area is 108 Å². The Morgan fingerprint density at radius 3 is 2.42 bits per heavy atom. The molecule has 1 aromatic carbocycles. The maximum Gasteiger partial charge on any atom is 0.191 e. The minimum absolute atomic E-state index is 0.0601. The Balaban J connectivity index is 2.23. The molecule has 6 heteroatoms. The van der Waals surface area contributed by atoms with Crippen molar-refractivity contribution in [3.63, 3.8) is 0 Å². The van der Waals surface area contributed by atoms with Gasteiger partial charge in [0.1, 0.15) is 18.7 Å². The predicted octanol–water partition coefficient (Wildman–Crippen LogP) is 2.96. The number of ether oxygens (including phenoxy) is 1. The van der Waals surface area contributed by atoms with E-state index < -0.39 is 17.4 Å². The molecule has 0 radical (unpaired) electrons. The van der Waals surface area contributed by atoms with Crippen LogP contribution in [0.15, 0.2) is 16.7 Å². The average molecular weight is 267 g/mol. The van der Waals surface area contributed by atoms with Crippen molar-refractivity contribution in [3.05, 3.63) is 46.3 Å². The topological polar surface area (TPSA) is 52.3 Å². The molecule has 0 aliphatic rings. The third-order valence-corrected chi connectivity index (χ3v) is 2.70. The molecule has 0 atom stereocenters. The van der Waals surface area contributed by atoms with E-state index in [-0.39, 0.29) is 12.2 Å². The molecule has 4 nitrogen and oxygen atoms in total. The average Bonchev–Trinajstić information content (AvgIpc) is 2.68. The van der Waals surface area contributed by atoms with Crippen molar-refractivity contribution in [1.82, 2.24) is 5.16 Å². The number of rotatable bonds is 4. The smallest absolute Gasteiger partial charge is 0.191 e. The highest BCUT2D eigenvalue weighted by Gasteiger charge is 2.15. The van der Waals surface area contributed by atoms with Gasteiger partial charge in [0, 0.05) is 5.56 Å². The molecule has 0 fully saturated rings. The van der Waals surface area contributed by atoms with Gasteiger partial charge in [-0.3, -0.25) is 4.79 Å². The van der Waals surface area contributed by atoms with Crippen molar-refractivity contribution in [2.24, 2.45) is 0 Å². The summed E-state index contributed by atoms with van der Waals surface area (Å²) in [6.45, 7) is 3.33. The second-order valence-corrected chi connectivity index (χ2v) is 4.02. The Bertz CT molecular complexity index is 580. The maximum absolute atomic E-state index is 13.6. The molecule has 2 aromatic rings. The van der Waals surface area contributed by atoms with Crippen molar-refractivity contribution < 1.29 is 22.8 Å². The van der Waals surface area contributed by atoms with Gasteiger partial charge in [0.25, 0.3) is 0 Å². The molecule has 100 valence electrons. The first-order chi connectivity index (χ1) is 9.02. The number of hydrogen-bond donors (Lipinski definition) is 0. The standard InChI is InChI=1S/C13H11F2NO3/c1-7-10(8(2)19-16-7)6-18-13-11(14)3-9(5-17)4-12(13)15/h3-5H,6H2,1-2H3. The van der Waals surface area contributed by atoms with Crippen LogP contribution in [0.2, 0.25) is 0 Å². The maximum atomic E-state index is 13.6. The largest absolute Gasteiger partial charge is 0.483 e. The number of nitrogens with zero attached hydrogens (tertiary/aromatic N) is 1. The second kappa shape index (κ2) is 5.17. The number of hydrogen-bond acceptors (Lipinski definition) is 4. The molecule has 0 N–H and O–H groups in total. The summed E-state index contributed by atoms with van der Waals surface area (Å²) in [5.74, 6) is -1.84. The number of aldehydes is 1. The van der Waals surface area contributed by atoms with E-state index in [2.05, 4.69) is 5.16 Å². The number of halogens is 2. The van der Waals surface area contributed by atoms with E-state index in [1.807, 2.05) is 0 Å². The van der Waals surface area contributed by atoms with Gasteiger partial charge in [0.15, 0.2) is 17.4 Å². The van der Waals surface area contributed by atoms with Crippen molar-refractivity contribution >= 4 is 6.29 Å². The Morgan fingerprint density at radius 1 is 1.32 bits per heavy atom. The highest BCUT2D eigenvalue weighted by atomic mass is 19.1. The van der Waals surface area contributed by atoms with Crippen molar-refractivity contribution in [2.75, 3.05) is 0 Å². The second-order valence-electron chi connectivity index (χ2n) is 4.02. The van der Waals surface area contributed by atoms with E-state index in [0.29, 0.717) is 23.3 Å². The molecular formula is C13H11F2NO3. The summed E-state index contributed by atoms with van der Waals surface area (Å²) in [6.07, 6.45) is 0.365. The monoisotopic (exact) mass is 267 g/mol. The van der Waals surface area contributed by atoms with E-state index >= 15 is 0 Å². The van der Waals surface area contributed by atoms with Gasteiger partial charge in [-0.1, -0.05) is 5.16 Å². The Hall–Kier alpha value is -2.24. The normalized spacial score (nSPS) is 10.5. The fourth-order valence-electron chi connectivity index (χ4n) is 1.64. The lowest BCUT2D eigenvalue weighted by molar-refractivity contribution is 0.112. The van der Waals surface area contributed by atoms with Gasteiger partial charge in [-0.15, -0.1) is 0 Å². The summed E-state index contributed by atoms with van der Waals surface area (Å²) < 4.78 is 37.2. The van der Waals surface area contributed by atoms with Crippen LogP contribution in [0.4, 0.5) is 8.78 Å². The molecule has 1 heterocycles. The van der Waals surface area contributed by atoms with Crippen LogP contribution in [-0.4, -0.2) is 11.4 Å². The first-order valence-electron chi connectivity index (χ1n) is 5.51. The van der Waals surface area contributed by atoms with Gasteiger partial charge in [-0.05, 0) is 26.0 Å². The summed E-state index contributed by atoms with van der Waals surface area (Å²) >= 11 is 0. The summed E-state index contributed by atoms with van der Waals surface area (Å²) in [5, 5.41) is 3.71. The van der Waals surface area contributed by atoms with Crippen LogP contribution in [-0.2, 0) is 6.61 Å². The number of aromatic nitrogens is 1. The minimum Gasteiger partial charge on any atom is -0.483 e. The molecular weight excluding hydrogens is 256 g/mol. The molecule has 1 aromatic heterocycles. The van der Waals surface area contributed by atoms with Crippen LogP contribution in [0.25, 0.3) is 0 Å². The molecule has 0 bridgehead atoms. The van der Waals surface area contributed by atoms with Gasteiger partial charge < -0.3 is 9.26 Å². The molecule has 0 saturated carbocycles. The van der Waals surface area contributed by atoms with Crippen LogP contribution >= 0.6 is 0 Å². The zero-order valence-corrected chi connectivity index (χ0v) is 10.4. The third-order valence-electron chi connectivity index (χ3n) is 2.70. The van der Waals surface area contributed by atoms with Crippen LogP contribution in [0.3, 0.4) is 0 Å².